The highest BCUT2D eigenvalue weighted by Gasteiger charge is 2.07. The molecular weight excluding hydrogens is 293 g/mol. The maximum atomic E-state index is 11.7. The number of halogens is 2. The van der Waals surface area contributed by atoms with Crippen molar-refractivity contribution in [1.82, 2.24) is 9.78 Å². The van der Waals surface area contributed by atoms with Crippen LogP contribution in [0.5, 0.6) is 0 Å². The number of nitrogens with zero attached hydrogens (tertiary/aromatic N) is 2. The number of hydrogen-bond acceptors (Lipinski definition) is 3. The highest BCUT2D eigenvalue weighted by Crippen LogP contribution is 2.16. The molecule has 1 aromatic heterocycles. The summed E-state index contributed by atoms with van der Waals surface area (Å²) in [6.07, 6.45) is 3.08. The molecule has 1 N–H and O–H groups in total. The van der Waals surface area contributed by atoms with Crippen molar-refractivity contribution < 1.29 is 0 Å². The van der Waals surface area contributed by atoms with E-state index in [-0.39, 0.29) is 10.6 Å². The summed E-state index contributed by atoms with van der Waals surface area (Å²) in [6.45, 7) is 8.01. The van der Waals surface area contributed by atoms with Crippen molar-refractivity contribution in [3.63, 3.8) is 0 Å². The molecular formula is C10H11BrClN3O. The second-order valence-corrected chi connectivity index (χ2v) is 4.52. The molecule has 0 spiro atoms. The Morgan fingerprint density at radius 3 is 3.00 bits per heavy atom. The zero-order valence-corrected chi connectivity index (χ0v) is 10.9. The molecule has 86 valence electrons. The SMILES string of the molecule is C=CCn1ncc(NCC(=C)Br)c(Cl)c1=O. The lowest BCUT2D eigenvalue weighted by Crippen LogP contribution is -2.23. The molecule has 0 bridgehead atoms. The van der Waals surface area contributed by atoms with Gasteiger partial charge in [-0.1, -0.05) is 40.2 Å². The molecule has 4 nitrogen and oxygen atoms in total. The number of aromatic nitrogens is 2. The van der Waals surface area contributed by atoms with E-state index in [1.807, 2.05) is 0 Å². The number of rotatable bonds is 5. The molecule has 0 aromatic carbocycles. The van der Waals surface area contributed by atoms with Crippen molar-refractivity contribution >= 4 is 33.2 Å². The monoisotopic (exact) mass is 303 g/mol. The molecule has 0 atom stereocenters. The van der Waals surface area contributed by atoms with Gasteiger partial charge in [-0.3, -0.25) is 4.79 Å². The summed E-state index contributed by atoms with van der Waals surface area (Å²) in [5.41, 5.74) is 0.152. The third kappa shape index (κ3) is 3.21. The van der Waals surface area contributed by atoms with Gasteiger partial charge in [0.2, 0.25) is 0 Å². The average Bonchev–Trinajstić information content (AvgIpc) is 2.24. The van der Waals surface area contributed by atoms with E-state index in [1.54, 1.807) is 6.08 Å². The first kappa shape index (κ1) is 13.0. The number of allylic oxidation sites excluding steroid dienone is 1. The lowest BCUT2D eigenvalue weighted by atomic mass is 10.4. The first-order valence-electron chi connectivity index (χ1n) is 4.50. The lowest BCUT2D eigenvalue weighted by Gasteiger charge is -2.08. The Bertz CT molecular complexity index is 470. The Kier molecular flexibility index (Phi) is 4.76. The van der Waals surface area contributed by atoms with Gasteiger partial charge in [-0.15, -0.1) is 6.58 Å². The van der Waals surface area contributed by atoms with Gasteiger partial charge in [-0.2, -0.15) is 5.10 Å². The minimum atomic E-state index is -0.341. The maximum absolute atomic E-state index is 11.7. The van der Waals surface area contributed by atoms with E-state index in [4.69, 9.17) is 11.6 Å². The Balaban J connectivity index is 2.97. The summed E-state index contributed by atoms with van der Waals surface area (Å²) < 4.78 is 2.00. The van der Waals surface area contributed by atoms with Gasteiger partial charge >= 0.3 is 0 Å². The summed E-state index contributed by atoms with van der Waals surface area (Å²) in [7, 11) is 0. The summed E-state index contributed by atoms with van der Waals surface area (Å²) >= 11 is 9.10. The number of nitrogens with one attached hydrogen (secondary N) is 1. The molecule has 16 heavy (non-hydrogen) atoms. The van der Waals surface area contributed by atoms with Gasteiger partial charge in [-0.25, -0.2) is 4.68 Å². The van der Waals surface area contributed by atoms with E-state index < -0.39 is 0 Å². The molecule has 0 aliphatic heterocycles. The van der Waals surface area contributed by atoms with Crippen LogP contribution in [0.3, 0.4) is 0 Å². The van der Waals surface area contributed by atoms with Crippen LogP contribution in [0.1, 0.15) is 0 Å². The van der Waals surface area contributed by atoms with E-state index in [9.17, 15) is 4.79 Å². The topological polar surface area (TPSA) is 46.9 Å². The molecule has 0 amide bonds. The van der Waals surface area contributed by atoms with Crippen LogP contribution >= 0.6 is 27.5 Å². The largest absolute Gasteiger partial charge is 0.378 e. The van der Waals surface area contributed by atoms with E-state index in [0.717, 1.165) is 4.48 Å². The van der Waals surface area contributed by atoms with Gasteiger partial charge in [0.25, 0.3) is 5.56 Å². The van der Waals surface area contributed by atoms with Gasteiger partial charge in [0.05, 0.1) is 18.4 Å². The van der Waals surface area contributed by atoms with Crippen LogP contribution in [0.2, 0.25) is 5.02 Å². The second-order valence-electron chi connectivity index (χ2n) is 3.02. The smallest absolute Gasteiger partial charge is 0.287 e. The van der Waals surface area contributed by atoms with Crippen molar-refractivity contribution in [1.29, 1.82) is 0 Å². The van der Waals surface area contributed by atoms with Gasteiger partial charge in [0.15, 0.2) is 0 Å². The van der Waals surface area contributed by atoms with Crippen molar-refractivity contribution in [3.05, 3.63) is 45.3 Å². The normalized spacial score (nSPS) is 9.88. The standard InChI is InChI=1S/C10H11BrClN3O/c1-3-4-15-10(16)9(12)8(6-14-15)13-5-7(2)11/h3,6,13H,1-2,4-5H2. The first-order valence-corrected chi connectivity index (χ1v) is 5.67. The first-order chi connectivity index (χ1) is 7.56. The molecule has 0 radical (unpaired) electrons. The summed E-state index contributed by atoms with van der Waals surface area (Å²) in [6, 6.07) is 0. The molecule has 0 fully saturated rings. The van der Waals surface area contributed by atoms with Crippen molar-refractivity contribution in [2.75, 3.05) is 11.9 Å². The fourth-order valence-corrected chi connectivity index (χ4v) is 1.39. The van der Waals surface area contributed by atoms with Crippen molar-refractivity contribution in [2.45, 2.75) is 6.54 Å². The summed E-state index contributed by atoms with van der Waals surface area (Å²) in [4.78, 5) is 11.7. The third-order valence-electron chi connectivity index (χ3n) is 1.76. The van der Waals surface area contributed by atoms with Gasteiger partial charge in [0, 0.05) is 11.0 Å². The van der Waals surface area contributed by atoms with Gasteiger partial charge in [0.1, 0.15) is 5.02 Å². The fourth-order valence-electron chi connectivity index (χ4n) is 1.03. The molecule has 0 saturated carbocycles. The molecule has 1 aromatic rings. The van der Waals surface area contributed by atoms with Crippen molar-refractivity contribution in [2.24, 2.45) is 0 Å². The highest BCUT2D eigenvalue weighted by molar-refractivity contribution is 9.11. The molecule has 0 aliphatic rings. The average molecular weight is 305 g/mol. The Hall–Kier alpha value is -1.07. The van der Waals surface area contributed by atoms with Crippen LogP contribution in [-0.4, -0.2) is 16.3 Å². The minimum Gasteiger partial charge on any atom is -0.378 e. The quantitative estimate of drug-likeness (QED) is 0.850. The van der Waals surface area contributed by atoms with Crippen LogP contribution in [0.15, 0.2) is 34.7 Å². The third-order valence-corrected chi connectivity index (χ3v) is 2.40. The predicted molar refractivity (Wildman–Crippen MR) is 70.3 cm³/mol. The Labute approximate surface area is 107 Å². The maximum Gasteiger partial charge on any atom is 0.287 e. The second kappa shape index (κ2) is 5.86. The van der Waals surface area contributed by atoms with E-state index in [1.165, 1.54) is 10.9 Å². The highest BCUT2D eigenvalue weighted by atomic mass is 79.9. The van der Waals surface area contributed by atoms with E-state index in [0.29, 0.717) is 18.8 Å². The molecule has 1 heterocycles. The van der Waals surface area contributed by atoms with Crippen LogP contribution in [-0.2, 0) is 6.54 Å². The fraction of sp³-hybridized carbons (Fsp3) is 0.200. The van der Waals surface area contributed by atoms with Crippen molar-refractivity contribution in [3.8, 4) is 0 Å². The Morgan fingerprint density at radius 2 is 2.44 bits per heavy atom. The van der Waals surface area contributed by atoms with E-state index >= 15 is 0 Å². The Morgan fingerprint density at radius 1 is 1.75 bits per heavy atom. The molecule has 0 aliphatic carbocycles. The summed E-state index contributed by atoms with van der Waals surface area (Å²) in [5.74, 6) is 0. The zero-order chi connectivity index (χ0) is 12.1. The van der Waals surface area contributed by atoms with Gasteiger partial charge in [-0.05, 0) is 0 Å². The predicted octanol–water partition coefficient (Wildman–Crippen LogP) is 2.40. The van der Waals surface area contributed by atoms with Crippen LogP contribution in [0.25, 0.3) is 0 Å². The molecule has 6 heteroatoms. The van der Waals surface area contributed by atoms with Crippen LogP contribution < -0.4 is 10.9 Å². The van der Waals surface area contributed by atoms with E-state index in [2.05, 4.69) is 39.5 Å². The summed E-state index contributed by atoms with van der Waals surface area (Å²) in [5, 5.41) is 7.01. The number of hydrogen-bond donors (Lipinski definition) is 1. The van der Waals surface area contributed by atoms with Crippen LogP contribution in [0.4, 0.5) is 5.69 Å². The lowest BCUT2D eigenvalue weighted by molar-refractivity contribution is 0.653. The molecule has 1 rings (SSSR count). The van der Waals surface area contributed by atoms with Crippen LogP contribution in [0, 0.1) is 0 Å². The molecule has 0 unspecified atom stereocenters. The minimum absolute atomic E-state index is 0.116. The molecule has 0 saturated heterocycles. The number of anilines is 1. The van der Waals surface area contributed by atoms with Gasteiger partial charge < -0.3 is 5.32 Å². The zero-order valence-electron chi connectivity index (χ0n) is 8.54.